The maximum absolute atomic E-state index is 5.66. The Labute approximate surface area is 113 Å². The quantitative estimate of drug-likeness (QED) is 0.780. The Morgan fingerprint density at radius 1 is 1.26 bits per heavy atom. The summed E-state index contributed by atoms with van der Waals surface area (Å²) in [7, 11) is 0. The van der Waals surface area contributed by atoms with E-state index in [1.54, 1.807) is 0 Å². The van der Waals surface area contributed by atoms with E-state index in [0.29, 0.717) is 36.5 Å². The summed E-state index contributed by atoms with van der Waals surface area (Å²) in [6.07, 6.45) is 5.06. The zero-order valence-electron chi connectivity index (χ0n) is 11.4. The summed E-state index contributed by atoms with van der Waals surface area (Å²) in [5, 5.41) is 14.6. The second kappa shape index (κ2) is 5.88. The smallest absolute Gasteiger partial charge is 0.315 e. The number of nitrogens with one attached hydrogen (secondary N) is 2. The average Bonchev–Trinajstić information content (AvgIpc) is 2.97. The van der Waals surface area contributed by atoms with Crippen molar-refractivity contribution in [3.63, 3.8) is 0 Å². The predicted molar refractivity (Wildman–Crippen MR) is 70.8 cm³/mol. The molecule has 3 rings (SSSR count). The second-order valence-corrected chi connectivity index (χ2v) is 5.40. The van der Waals surface area contributed by atoms with Gasteiger partial charge in [-0.1, -0.05) is 12.0 Å². The summed E-state index contributed by atoms with van der Waals surface area (Å²) in [5.41, 5.74) is 0. The van der Waals surface area contributed by atoms with E-state index in [9.17, 15) is 0 Å². The van der Waals surface area contributed by atoms with Crippen LogP contribution in [0.3, 0.4) is 0 Å². The van der Waals surface area contributed by atoms with Gasteiger partial charge in [0.25, 0.3) is 0 Å². The minimum atomic E-state index is 0.367. The Morgan fingerprint density at radius 3 is 2.95 bits per heavy atom. The Kier molecular flexibility index (Phi) is 3.98. The first-order chi connectivity index (χ1) is 9.35. The number of hydrogen-bond donors (Lipinski definition) is 2. The van der Waals surface area contributed by atoms with Gasteiger partial charge in [0.05, 0.1) is 12.6 Å². The fourth-order valence-electron chi connectivity index (χ4n) is 2.51. The Balaban J connectivity index is 1.44. The Morgan fingerprint density at radius 2 is 2.16 bits per heavy atom. The minimum absolute atomic E-state index is 0.367. The highest BCUT2D eigenvalue weighted by Gasteiger charge is 2.27. The summed E-state index contributed by atoms with van der Waals surface area (Å²) in [5.74, 6) is 1.20. The third-order valence-corrected chi connectivity index (χ3v) is 3.85. The van der Waals surface area contributed by atoms with Crippen molar-refractivity contribution in [2.24, 2.45) is 5.92 Å². The summed E-state index contributed by atoms with van der Waals surface area (Å²) >= 11 is 0. The molecule has 0 amide bonds. The van der Waals surface area contributed by atoms with Crippen LogP contribution in [0.2, 0.25) is 0 Å². The van der Waals surface area contributed by atoms with Crippen LogP contribution in [0.1, 0.15) is 38.5 Å². The van der Waals surface area contributed by atoms with Crippen LogP contribution in [0.25, 0.3) is 0 Å². The fraction of sp³-hybridized carbons (Fsp3) is 0.846. The normalized spacial score (nSPS) is 26.8. The minimum Gasteiger partial charge on any atom is -0.407 e. The van der Waals surface area contributed by atoms with Crippen LogP contribution in [0.5, 0.6) is 0 Å². The number of anilines is 1. The molecule has 1 aromatic heterocycles. The van der Waals surface area contributed by atoms with Crippen molar-refractivity contribution in [2.45, 2.75) is 51.3 Å². The molecule has 0 aromatic carbocycles. The molecule has 0 bridgehead atoms. The van der Waals surface area contributed by atoms with Gasteiger partial charge in [-0.05, 0) is 25.7 Å². The molecule has 2 heterocycles. The van der Waals surface area contributed by atoms with Crippen molar-refractivity contribution in [3.8, 4) is 0 Å². The van der Waals surface area contributed by atoms with Crippen LogP contribution in [-0.4, -0.2) is 35.5 Å². The molecule has 1 saturated heterocycles. The molecule has 6 heteroatoms. The molecule has 106 valence electrons. The highest BCUT2D eigenvalue weighted by Crippen LogP contribution is 2.23. The molecular formula is C13H22N4O2. The lowest BCUT2D eigenvalue weighted by molar-refractivity contribution is 0.0899. The number of nitrogens with zero attached hydrogens (tertiary/aromatic N) is 2. The predicted octanol–water partition coefficient (Wildman–Crippen LogP) is 1.55. The van der Waals surface area contributed by atoms with E-state index in [4.69, 9.17) is 9.15 Å². The van der Waals surface area contributed by atoms with Gasteiger partial charge in [-0.15, -0.1) is 5.10 Å². The van der Waals surface area contributed by atoms with E-state index in [2.05, 4.69) is 27.8 Å². The van der Waals surface area contributed by atoms with Gasteiger partial charge in [0.1, 0.15) is 0 Å². The highest BCUT2D eigenvalue weighted by molar-refractivity contribution is 5.17. The third-order valence-electron chi connectivity index (χ3n) is 3.85. The maximum Gasteiger partial charge on any atom is 0.315 e. The van der Waals surface area contributed by atoms with Gasteiger partial charge in [-0.25, -0.2) is 0 Å². The fourth-order valence-corrected chi connectivity index (χ4v) is 2.51. The third kappa shape index (κ3) is 3.45. The first-order valence-corrected chi connectivity index (χ1v) is 7.26. The van der Waals surface area contributed by atoms with Crippen LogP contribution >= 0.6 is 0 Å². The average molecular weight is 266 g/mol. The monoisotopic (exact) mass is 266 g/mol. The van der Waals surface area contributed by atoms with Crippen molar-refractivity contribution < 1.29 is 9.15 Å². The molecule has 2 atom stereocenters. The molecule has 2 N–H and O–H groups in total. The second-order valence-electron chi connectivity index (χ2n) is 5.40. The lowest BCUT2D eigenvalue weighted by atomic mass is 10.00. The molecule has 6 nitrogen and oxygen atoms in total. The van der Waals surface area contributed by atoms with Crippen LogP contribution in [0.15, 0.2) is 4.42 Å². The van der Waals surface area contributed by atoms with E-state index in [0.717, 1.165) is 26.0 Å². The summed E-state index contributed by atoms with van der Waals surface area (Å²) in [4.78, 5) is 0. The number of hydrogen-bond acceptors (Lipinski definition) is 6. The van der Waals surface area contributed by atoms with E-state index in [-0.39, 0.29) is 0 Å². The van der Waals surface area contributed by atoms with Crippen molar-refractivity contribution in [2.75, 3.05) is 18.5 Å². The maximum atomic E-state index is 5.66. The molecule has 2 unspecified atom stereocenters. The molecule has 1 aromatic rings. The number of ether oxygens (including phenoxy) is 1. The largest absolute Gasteiger partial charge is 0.407 e. The van der Waals surface area contributed by atoms with Gasteiger partial charge < -0.3 is 19.8 Å². The number of rotatable bonds is 7. The molecule has 1 aliphatic heterocycles. The molecular weight excluding hydrogens is 244 g/mol. The first-order valence-electron chi connectivity index (χ1n) is 7.26. The Hall–Kier alpha value is -1.14. The van der Waals surface area contributed by atoms with Gasteiger partial charge in [0.2, 0.25) is 5.89 Å². The lowest BCUT2D eigenvalue weighted by Crippen LogP contribution is -2.22. The van der Waals surface area contributed by atoms with Gasteiger partial charge >= 0.3 is 6.01 Å². The van der Waals surface area contributed by atoms with Gasteiger partial charge in [-0.3, -0.25) is 0 Å². The van der Waals surface area contributed by atoms with E-state index < -0.39 is 0 Å². The topological polar surface area (TPSA) is 72.2 Å². The van der Waals surface area contributed by atoms with Crippen LogP contribution in [0, 0.1) is 5.92 Å². The Bertz CT molecular complexity index is 405. The van der Waals surface area contributed by atoms with Crippen molar-refractivity contribution in [3.05, 3.63) is 5.89 Å². The lowest BCUT2D eigenvalue weighted by Gasteiger charge is -2.16. The summed E-state index contributed by atoms with van der Waals surface area (Å²) in [6, 6.07) is 1.18. The molecule has 2 fully saturated rings. The molecule has 2 aliphatic rings. The highest BCUT2D eigenvalue weighted by atomic mass is 16.5. The van der Waals surface area contributed by atoms with Gasteiger partial charge in [0.15, 0.2) is 0 Å². The van der Waals surface area contributed by atoms with Crippen molar-refractivity contribution in [1.29, 1.82) is 0 Å². The standard InChI is InChI=1S/C13H22N4O2/c1-2-11-9(5-6-18-11)7-15-13-17-16-12(19-13)8-14-10-3-4-10/h9-11,14H,2-8H2,1H3,(H,15,17). The van der Waals surface area contributed by atoms with Gasteiger partial charge in [-0.2, -0.15) is 0 Å². The van der Waals surface area contributed by atoms with Crippen molar-refractivity contribution in [1.82, 2.24) is 15.5 Å². The van der Waals surface area contributed by atoms with Crippen LogP contribution in [-0.2, 0) is 11.3 Å². The zero-order chi connectivity index (χ0) is 13.1. The zero-order valence-corrected chi connectivity index (χ0v) is 11.4. The first kappa shape index (κ1) is 12.9. The molecule has 0 radical (unpaired) electrons. The van der Waals surface area contributed by atoms with Crippen LogP contribution < -0.4 is 10.6 Å². The molecule has 1 aliphatic carbocycles. The summed E-state index contributed by atoms with van der Waals surface area (Å²) in [6.45, 7) is 4.54. The molecule has 1 saturated carbocycles. The van der Waals surface area contributed by atoms with Gasteiger partial charge in [0, 0.05) is 25.1 Å². The summed E-state index contributed by atoms with van der Waals surface area (Å²) < 4.78 is 11.2. The molecule has 0 spiro atoms. The van der Waals surface area contributed by atoms with E-state index in [1.807, 2.05) is 0 Å². The number of aromatic nitrogens is 2. The SMILES string of the molecule is CCC1OCCC1CNc1nnc(CNC2CC2)o1. The van der Waals surface area contributed by atoms with Crippen molar-refractivity contribution >= 4 is 6.01 Å². The van der Waals surface area contributed by atoms with E-state index >= 15 is 0 Å². The van der Waals surface area contributed by atoms with Crippen LogP contribution in [0.4, 0.5) is 6.01 Å². The van der Waals surface area contributed by atoms with E-state index in [1.165, 1.54) is 12.8 Å². The molecule has 19 heavy (non-hydrogen) atoms.